The van der Waals surface area contributed by atoms with Gasteiger partial charge < -0.3 is 9.84 Å². The summed E-state index contributed by atoms with van der Waals surface area (Å²) in [7, 11) is 0. The molecule has 2 fully saturated rings. The summed E-state index contributed by atoms with van der Waals surface area (Å²) >= 11 is 1.53. The van der Waals surface area contributed by atoms with Crippen LogP contribution in [-0.2, 0) is 0 Å². The van der Waals surface area contributed by atoms with Crippen LogP contribution in [-0.4, -0.2) is 17.1 Å². The van der Waals surface area contributed by atoms with Crippen LogP contribution in [0, 0.1) is 24.7 Å². The highest BCUT2D eigenvalue weighted by molar-refractivity contribution is 7.99. The number of nitrogens with zero attached hydrogens (tertiary/aromatic N) is 1. The van der Waals surface area contributed by atoms with Crippen LogP contribution in [0.15, 0.2) is 44.6 Å². The van der Waals surface area contributed by atoms with E-state index in [2.05, 4.69) is 17.4 Å². The van der Waals surface area contributed by atoms with Gasteiger partial charge in [0.2, 0.25) is 5.76 Å². The van der Waals surface area contributed by atoms with Crippen LogP contribution in [0.5, 0.6) is 0 Å². The standard InChI is InChI=1S/C22H28N2O2S/c1-14(18-12-16-7-6-8-17(11-16)13-18)23-22(25)20-21(15(2)24-26-20)27-19-9-4-3-5-10-19/h3-5,9-10,14,16-18H,6-8,11-13H2,1-2H3,(H,23,25). The van der Waals surface area contributed by atoms with Crippen molar-refractivity contribution < 1.29 is 9.32 Å². The van der Waals surface area contributed by atoms with Crippen LogP contribution in [0.3, 0.4) is 0 Å². The number of benzene rings is 1. The molecule has 1 heterocycles. The van der Waals surface area contributed by atoms with Crippen molar-refractivity contribution in [3.63, 3.8) is 0 Å². The van der Waals surface area contributed by atoms with E-state index >= 15 is 0 Å². The number of nitrogens with one attached hydrogen (secondary N) is 1. The molecule has 5 heteroatoms. The fraction of sp³-hybridized carbons (Fsp3) is 0.545. The topological polar surface area (TPSA) is 55.1 Å². The molecule has 0 radical (unpaired) electrons. The molecule has 3 atom stereocenters. The first kappa shape index (κ1) is 18.6. The predicted octanol–water partition coefficient (Wildman–Crippen LogP) is 5.47. The molecule has 27 heavy (non-hydrogen) atoms. The van der Waals surface area contributed by atoms with Crippen molar-refractivity contribution in [1.82, 2.24) is 10.5 Å². The second-order valence-corrected chi connectivity index (χ2v) is 9.32. The Balaban J connectivity index is 1.44. The SMILES string of the molecule is Cc1noc(C(=O)NC(C)C2CC3CCCC(C3)C2)c1Sc1ccccc1. The second kappa shape index (κ2) is 8.09. The minimum atomic E-state index is -0.141. The van der Waals surface area contributed by atoms with Crippen LogP contribution in [0.25, 0.3) is 0 Å². The van der Waals surface area contributed by atoms with Gasteiger partial charge in [-0.2, -0.15) is 0 Å². The minimum absolute atomic E-state index is 0.141. The number of carbonyl (C=O) groups is 1. The number of rotatable bonds is 5. The number of carbonyl (C=O) groups excluding carboxylic acids is 1. The number of amides is 1. The van der Waals surface area contributed by atoms with Gasteiger partial charge in [0.05, 0.1) is 10.6 Å². The smallest absolute Gasteiger partial charge is 0.291 e. The minimum Gasteiger partial charge on any atom is -0.350 e. The summed E-state index contributed by atoms with van der Waals surface area (Å²) in [4.78, 5) is 14.8. The lowest BCUT2D eigenvalue weighted by molar-refractivity contribution is 0.0818. The van der Waals surface area contributed by atoms with Crippen molar-refractivity contribution in [3.05, 3.63) is 41.8 Å². The van der Waals surface area contributed by atoms with Gasteiger partial charge in [0.1, 0.15) is 0 Å². The maximum absolute atomic E-state index is 12.9. The van der Waals surface area contributed by atoms with E-state index < -0.39 is 0 Å². The highest BCUT2D eigenvalue weighted by atomic mass is 32.2. The lowest BCUT2D eigenvalue weighted by atomic mass is 9.66. The molecule has 0 aliphatic heterocycles. The van der Waals surface area contributed by atoms with Gasteiger partial charge in [-0.25, -0.2) is 0 Å². The number of hydrogen-bond acceptors (Lipinski definition) is 4. The maximum atomic E-state index is 12.9. The third-order valence-corrected chi connectivity index (χ3v) is 7.40. The normalized spacial score (nSPS) is 25.8. The molecule has 4 rings (SSSR count). The Labute approximate surface area is 165 Å². The van der Waals surface area contributed by atoms with E-state index in [1.807, 2.05) is 37.3 Å². The summed E-state index contributed by atoms with van der Waals surface area (Å²) in [5.74, 6) is 2.49. The van der Waals surface area contributed by atoms with E-state index in [0.29, 0.717) is 11.7 Å². The van der Waals surface area contributed by atoms with Gasteiger partial charge in [0.15, 0.2) is 0 Å². The Morgan fingerprint density at radius 2 is 1.89 bits per heavy atom. The van der Waals surface area contributed by atoms with Gasteiger partial charge in [-0.15, -0.1) is 0 Å². The molecule has 2 bridgehead atoms. The summed E-state index contributed by atoms with van der Waals surface area (Å²) in [5, 5.41) is 7.25. The molecular weight excluding hydrogens is 356 g/mol. The molecule has 0 spiro atoms. The van der Waals surface area contributed by atoms with Crippen molar-refractivity contribution in [3.8, 4) is 0 Å². The fourth-order valence-corrected chi connectivity index (χ4v) is 5.75. The Bertz CT molecular complexity index is 777. The van der Waals surface area contributed by atoms with Gasteiger partial charge in [-0.05, 0) is 63.0 Å². The molecule has 2 aliphatic carbocycles. The first-order valence-electron chi connectivity index (χ1n) is 10.1. The van der Waals surface area contributed by atoms with E-state index in [0.717, 1.165) is 27.3 Å². The van der Waals surface area contributed by atoms with Crippen LogP contribution in [0.2, 0.25) is 0 Å². The lowest BCUT2D eigenvalue weighted by Gasteiger charge is -2.41. The fourth-order valence-electron chi connectivity index (χ4n) is 4.81. The highest BCUT2D eigenvalue weighted by Crippen LogP contribution is 2.43. The second-order valence-electron chi connectivity index (χ2n) is 8.23. The molecule has 0 saturated heterocycles. The Kier molecular flexibility index (Phi) is 5.58. The zero-order valence-corrected chi connectivity index (χ0v) is 16.9. The Morgan fingerprint density at radius 1 is 1.19 bits per heavy atom. The van der Waals surface area contributed by atoms with Crippen molar-refractivity contribution in [2.24, 2.45) is 17.8 Å². The first-order valence-corrected chi connectivity index (χ1v) is 10.9. The van der Waals surface area contributed by atoms with Gasteiger partial charge in [0, 0.05) is 10.9 Å². The number of aryl methyl sites for hydroxylation is 1. The molecule has 2 aliphatic rings. The monoisotopic (exact) mass is 384 g/mol. The van der Waals surface area contributed by atoms with E-state index in [-0.39, 0.29) is 11.9 Å². The molecule has 2 saturated carbocycles. The third-order valence-electron chi connectivity index (χ3n) is 6.21. The molecule has 1 N–H and O–H groups in total. The summed E-state index contributed by atoms with van der Waals surface area (Å²) < 4.78 is 5.41. The van der Waals surface area contributed by atoms with Gasteiger partial charge in [-0.3, -0.25) is 4.79 Å². The van der Waals surface area contributed by atoms with Gasteiger partial charge in [-0.1, -0.05) is 54.4 Å². The van der Waals surface area contributed by atoms with Crippen LogP contribution in [0.1, 0.15) is 61.7 Å². The molecule has 144 valence electrons. The number of fused-ring (bicyclic) bond motifs is 2. The van der Waals surface area contributed by atoms with Crippen molar-refractivity contribution >= 4 is 17.7 Å². The lowest BCUT2D eigenvalue weighted by Crippen LogP contribution is -2.42. The molecule has 3 unspecified atom stereocenters. The molecule has 1 amide bonds. The first-order chi connectivity index (χ1) is 13.1. The average Bonchev–Trinajstić information content (AvgIpc) is 3.03. The van der Waals surface area contributed by atoms with Crippen molar-refractivity contribution in [2.45, 2.75) is 68.2 Å². The third kappa shape index (κ3) is 4.23. The summed E-state index contributed by atoms with van der Waals surface area (Å²) in [5.41, 5.74) is 0.758. The maximum Gasteiger partial charge on any atom is 0.291 e. The summed E-state index contributed by atoms with van der Waals surface area (Å²) in [6.45, 7) is 4.04. The molecular formula is C22H28N2O2S. The van der Waals surface area contributed by atoms with Gasteiger partial charge in [0.25, 0.3) is 5.91 Å². The molecule has 1 aromatic carbocycles. The molecule has 4 nitrogen and oxygen atoms in total. The Morgan fingerprint density at radius 3 is 2.59 bits per heavy atom. The van der Waals surface area contributed by atoms with E-state index in [9.17, 15) is 4.79 Å². The van der Waals surface area contributed by atoms with Gasteiger partial charge >= 0.3 is 0 Å². The van der Waals surface area contributed by atoms with E-state index in [4.69, 9.17) is 4.52 Å². The highest BCUT2D eigenvalue weighted by Gasteiger charge is 2.35. The largest absolute Gasteiger partial charge is 0.350 e. The number of hydrogen-bond donors (Lipinski definition) is 1. The molecule has 2 aromatic rings. The van der Waals surface area contributed by atoms with Crippen LogP contribution >= 0.6 is 11.8 Å². The van der Waals surface area contributed by atoms with E-state index in [1.54, 1.807) is 0 Å². The zero-order chi connectivity index (χ0) is 18.8. The Hall–Kier alpha value is -1.75. The van der Waals surface area contributed by atoms with Crippen molar-refractivity contribution in [2.75, 3.05) is 0 Å². The van der Waals surface area contributed by atoms with Crippen LogP contribution < -0.4 is 5.32 Å². The predicted molar refractivity (Wildman–Crippen MR) is 107 cm³/mol. The van der Waals surface area contributed by atoms with E-state index in [1.165, 1.54) is 50.3 Å². The van der Waals surface area contributed by atoms with Crippen LogP contribution in [0.4, 0.5) is 0 Å². The number of aromatic nitrogens is 1. The summed E-state index contributed by atoms with van der Waals surface area (Å²) in [6, 6.07) is 10.2. The quantitative estimate of drug-likeness (QED) is 0.743. The zero-order valence-electron chi connectivity index (χ0n) is 16.1. The van der Waals surface area contributed by atoms with Crippen molar-refractivity contribution in [1.29, 1.82) is 0 Å². The molecule has 1 aromatic heterocycles. The average molecular weight is 385 g/mol. The summed E-state index contributed by atoms with van der Waals surface area (Å²) in [6.07, 6.45) is 8.02.